The number of benzene rings is 3. The maximum absolute atomic E-state index is 12.2. The number of amides is 1. The summed E-state index contributed by atoms with van der Waals surface area (Å²) in [6, 6.07) is 18.5. The number of methoxy groups -OCH3 is 1. The highest BCUT2D eigenvalue weighted by molar-refractivity contribution is 6.04. The predicted octanol–water partition coefficient (Wildman–Crippen LogP) is 3.71. The zero-order valence-corrected chi connectivity index (χ0v) is 16.5. The Morgan fingerprint density at radius 1 is 1.00 bits per heavy atom. The third-order valence-electron chi connectivity index (χ3n) is 4.70. The number of aliphatic carboxylic acids is 1. The monoisotopic (exact) mass is 418 g/mol. The lowest BCUT2D eigenvalue weighted by Crippen LogP contribution is -2.30. The topological polar surface area (TPSA) is 118 Å². The minimum atomic E-state index is -1.21. The van der Waals surface area contributed by atoms with E-state index in [1.807, 2.05) is 42.5 Å². The number of carboxylic acids is 1. The summed E-state index contributed by atoms with van der Waals surface area (Å²) < 4.78 is 11.4. The van der Waals surface area contributed by atoms with E-state index in [-0.39, 0.29) is 17.3 Å². The van der Waals surface area contributed by atoms with Crippen LogP contribution in [0.25, 0.3) is 21.5 Å². The first-order valence-corrected chi connectivity index (χ1v) is 9.34. The highest BCUT2D eigenvalue weighted by atomic mass is 16.5. The summed E-state index contributed by atoms with van der Waals surface area (Å²) in [5.41, 5.74) is -0.326. The van der Waals surface area contributed by atoms with Crippen LogP contribution in [-0.2, 0) is 4.79 Å². The molecule has 1 amide bonds. The van der Waals surface area contributed by atoms with Crippen molar-refractivity contribution in [2.24, 2.45) is 0 Å². The molecule has 0 atom stereocenters. The smallest absolute Gasteiger partial charge is 0.322 e. The Morgan fingerprint density at radius 2 is 1.77 bits per heavy atom. The van der Waals surface area contributed by atoms with E-state index >= 15 is 0 Å². The fourth-order valence-corrected chi connectivity index (χ4v) is 3.28. The summed E-state index contributed by atoms with van der Waals surface area (Å²) in [4.78, 5) is 27.0. The molecule has 0 aliphatic heterocycles. The van der Waals surface area contributed by atoms with E-state index < -0.39 is 18.4 Å². The molecule has 0 spiro atoms. The Balaban J connectivity index is 1.74. The zero-order valence-electron chi connectivity index (χ0n) is 16.5. The first-order chi connectivity index (χ1) is 15.0. The number of carboxylic acid groups (broad SMARTS) is 1. The summed E-state index contributed by atoms with van der Waals surface area (Å²) in [6.45, 7) is -0.599. The van der Waals surface area contributed by atoms with Crippen molar-refractivity contribution in [3.8, 4) is 23.1 Å². The van der Waals surface area contributed by atoms with E-state index in [4.69, 9.17) is 14.6 Å². The van der Waals surface area contributed by atoms with E-state index in [0.29, 0.717) is 22.3 Å². The van der Waals surface area contributed by atoms with Crippen molar-refractivity contribution in [1.29, 1.82) is 0 Å². The lowest BCUT2D eigenvalue weighted by molar-refractivity contribution is -0.135. The number of hydrogen-bond donors (Lipinski definition) is 3. The molecule has 3 N–H and O–H groups in total. The molecule has 0 unspecified atom stereocenters. The van der Waals surface area contributed by atoms with Crippen molar-refractivity contribution >= 4 is 33.4 Å². The van der Waals surface area contributed by atoms with Gasteiger partial charge in [-0.3, -0.25) is 9.59 Å². The number of aromatic nitrogens is 1. The molecule has 4 rings (SSSR count). The van der Waals surface area contributed by atoms with E-state index in [0.717, 1.165) is 10.8 Å². The van der Waals surface area contributed by atoms with Crippen molar-refractivity contribution in [2.75, 3.05) is 13.7 Å². The van der Waals surface area contributed by atoms with Crippen molar-refractivity contribution in [3.63, 3.8) is 0 Å². The van der Waals surface area contributed by atoms with Crippen LogP contribution in [0.4, 0.5) is 0 Å². The molecule has 0 saturated carbocycles. The first-order valence-electron chi connectivity index (χ1n) is 9.34. The largest absolute Gasteiger partial charge is 0.505 e. The molecule has 4 aromatic rings. The van der Waals surface area contributed by atoms with E-state index in [9.17, 15) is 14.7 Å². The number of ether oxygens (including phenoxy) is 2. The van der Waals surface area contributed by atoms with Gasteiger partial charge in [-0.05, 0) is 29.7 Å². The molecule has 1 aromatic heterocycles. The van der Waals surface area contributed by atoms with Crippen LogP contribution in [0, 0.1) is 0 Å². The van der Waals surface area contributed by atoms with Crippen LogP contribution in [0.15, 0.2) is 60.7 Å². The van der Waals surface area contributed by atoms with E-state index in [1.54, 1.807) is 18.2 Å². The number of carbonyl (C=O) groups is 2. The van der Waals surface area contributed by atoms with Gasteiger partial charge in [0.25, 0.3) is 5.91 Å². The second-order valence-electron chi connectivity index (χ2n) is 6.68. The Kier molecular flexibility index (Phi) is 5.28. The number of fused-ring (bicyclic) bond motifs is 2. The third kappa shape index (κ3) is 3.91. The number of pyridine rings is 1. The minimum absolute atomic E-state index is 0.0941. The average Bonchev–Trinajstić information content (AvgIpc) is 2.78. The molecule has 0 saturated heterocycles. The van der Waals surface area contributed by atoms with E-state index in [1.165, 1.54) is 7.11 Å². The van der Waals surface area contributed by atoms with Crippen LogP contribution in [0.3, 0.4) is 0 Å². The third-order valence-corrected chi connectivity index (χ3v) is 4.70. The molecular formula is C23H18N2O6. The van der Waals surface area contributed by atoms with Crippen LogP contribution in [0.2, 0.25) is 0 Å². The number of nitrogens with one attached hydrogen (secondary N) is 1. The predicted molar refractivity (Wildman–Crippen MR) is 114 cm³/mol. The van der Waals surface area contributed by atoms with Gasteiger partial charge in [-0.2, -0.15) is 0 Å². The molecule has 3 aromatic carbocycles. The van der Waals surface area contributed by atoms with Crippen LogP contribution in [0.5, 0.6) is 23.1 Å². The molecule has 1 heterocycles. The second-order valence-corrected chi connectivity index (χ2v) is 6.68. The fraction of sp³-hybridized carbons (Fsp3) is 0.0870. The van der Waals surface area contributed by atoms with Crippen molar-refractivity contribution in [1.82, 2.24) is 10.3 Å². The van der Waals surface area contributed by atoms with Crippen LogP contribution < -0.4 is 14.8 Å². The van der Waals surface area contributed by atoms with E-state index in [2.05, 4.69) is 10.3 Å². The second kappa shape index (κ2) is 8.19. The maximum Gasteiger partial charge on any atom is 0.322 e. The number of aromatic hydroxyl groups is 1. The normalized spacial score (nSPS) is 10.7. The summed E-state index contributed by atoms with van der Waals surface area (Å²) in [6.07, 6.45) is 0. The fourth-order valence-electron chi connectivity index (χ4n) is 3.28. The molecular weight excluding hydrogens is 400 g/mol. The molecule has 31 heavy (non-hydrogen) atoms. The molecule has 0 aliphatic rings. The highest BCUT2D eigenvalue weighted by Crippen LogP contribution is 2.37. The van der Waals surface area contributed by atoms with Gasteiger partial charge in [0.2, 0.25) is 5.88 Å². The number of rotatable bonds is 6. The van der Waals surface area contributed by atoms with Crippen LogP contribution in [0.1, 0.15) is 10.5 Å². The lowest BCUT2D eigenvalue weighted by atomic mass is 10.1. The Hall–Kier alpha value is -4.33. The Bertz CT molecular complexity index is 1310. The zero-order chi connectivity index (χ0) is 22.0. The van der Waals surface area contributed by atoms with Crippen LogP contribution >= 0.6 is 0 Å². The molecule has 0 fully saturated rings. The van der Waals surface area contributed by atoms with Crippen LogP contribution in [-0.4, -0.2) is 40.7 Å². The molecule has 8 nitrogen and oxygen atoms in total. The Labute approximate surface area is 176 Å². The summed E-state index contributed by atoms with van der Waals surface area (Å²) in [5, 5.41) is 24.2. The number of carbonyl (C=O) groups excluding carboxylic acids is 1. The van der Waals surface area contributed by atoms with Crippen molar-refractivity contribution < 1.29 is 29.3 Å². The minimum Gasteiger partial charge on any atom is -0.505 e. The summed E-state index contributed by atoms with van der Waals surface area (Å²) in [5.74, 6) is -1.16. The summed E-state index contributed by atoms with van der Waals surface area (Å²) >= 11 is 0. The first kappa shape index (κ1) is 20.0. The SMILES string of the molecule is COc1nc(C(=O)NCC(=O)O)c(O)c2ccc(Oc3cccc4ccccc34)cc12. The van der Waals surface area contributed by atoms with Gasteiger partial charge in [0.05, 0.1) is 12.5 Å². The van der Waals surface area contributed by atoms with Gasteiger partial charge in [0.15, 0.2) is 11.4 Å². The van der Waals surface area contributed by atoms with Gasteiger partial charge >= 0.3 is 5.97 Å². The molecule has 156 valence electrons. The molecule has 0 radical (unpaired) electrons. The number of nitrogens with zero attached hydrogens (tertiary/aromatic N) is 1. The van der Waals surface area contributed by atoms with Gasteiger partial charge in [0, 0.05) is 10.8 Å². The van der Waals surface area contributed by atoms with Gasteiger partial charge in [-0.15, -0.1) is 0 Å². The standard InChI is InChI=1S/C23H18N2O6/c1-30-23-17-11-14(31-18-8-4-6-13-5-2-3-7-15(13)18)9-10-16(17)21(28)20(25-23)22(29)24-12-19(26)27/h2-11,28H,12H2,1H3,(H,24,29)(H,26,27). The van der Waals surface area contributed by atoms with Gasteiger partial charge in [-0.1, -0.05) is 36.4 Å². The average molecular weight is 418 g/mol. The quantitative estimate of drug-likeness (QED) is 0.437. The van der Waals surface area contributed by atoms with Gasteiger partial charge < -0.3 is 25.0 Å². The highest BCUT2D eigenvalue weighted by Gasteiger charge is 2.20. The Morgan fingerprint density at radius 3 is 2.55 bits per heavy atom. The molecule has 0 bridgehead atoms. The summed E-state index contributed by atoms with van der Waals surface area (Å²) in [7, 11) is 1.38. The van der Waals surface area contributed by atoms with Crippen molar-refractivity contribution in [3.05, 3.63) is 66.4 Å². The molecule has 8 heteroatoms. The van der Waals surface area contributed by atoms with Gasteiger partial charge in [-0.25, -0.2) is 4.98 Å². The van der Waals surface area contributed by atoms with Gasteiger partial charge in [0.1, 0.15) is 18.0 Å². The number of hydrogen-bond acceptors (Lipinski definition) is 6. The maximum atomic E-state index is 12.2. The molecule has 0 aliphatic carbocycles. The lowest BCUT2D eigenvalue weighted by Gasteiger charge is -2.13. The van der Waals surface area contributed by atoms with Crippen molar-refractivity contribution in [2.45, 2.75) is 0 Å².